The summed E-state index contributed by atoms with van der Waals surface area (Å²) in [5.41, 5.74) is 4.73. The van der Waals surface area contributed by atoms with Gasteiger partial charge in [0.15, 0.2) is 0 Å². The predicted octanol–water partition coefficient (Wildman–Crippen LogP) is 4.51. The van der Waals surface area contributed by atoms with Gasteiger partial charge in [0.2, 0.25) is 0 Å². The Bertz CT molecular complexity index is 982. The van der Waals surface area contributed by atoms with Gasteiger partial charge in [-0.1, -0.05) is 30.3 Å². The van der Waals surface area contributed by atoms with Crippen LogP contribution in [0.1, 0.15) is 23.2 Å². The molecule has 0 bridgehead atoms. The number of methoxy groups -OCH3 is 1. The zero-order valence-electron chi connectivity index (χ0n) is 15.6. The number of benzene rings is 2. The summed E-state index contributed by atoms with van der Waals surface area (Å²) in [6.45, 7) is 1.04. The lowest BCUT2D eigenvalue weighted by Gasteiger charge is -2.25. The third kappa shape index (κ3) is 3.76. The topological polar surface area (TPSA) is 67.5 Å². The fourth-order valence-electron chi connectivity index (χ4n) is 3.28. The van der Waals surface area contributed by atoms with Crippen molar-refractivity contribution < 1.29 is 14.3 Å². The van der Waals surface area contributed by atoms with Gasteiger partial charge in [-0.2, -0.15) is 0 Å². The maximum absolute atomic E-state index is 12.5. The number of carbonyl (C=O) groups excluding carboxylic acids is 1. The van der Waals surface area contributed by atoms with E-state index in [0.717, 1.165) is 40.3 Å². The monoisotopic (exact) mass is 375 g/mol. The van der Waals surface area contributed by atoms with Crippen molar-refractivity contribution in [3.05, 3.63) is 77.9 Å². The van der Waals surface area contributed by atoms with E-state index in [4.69, 9.17) is 9.47 Å². The van der Waals surface area contributed by atoms with Gasteiger partial charge in [0.05, 0.1) is 32.3 Å². The lowest BCUT2D eigenvalue weighted by molar-refractivity contribution is 0.178. The third-order valence-corrected chi connectivity index (χ3v) is 4.67. The second kappa shape index (κ2) is 8.00. The molecule has 0 saturated carbocycles. The van der Waals surface area contributed by atoms with Crippen molar-refractivity contribution in [2.24, 2.45) is 0 Å². The molecule has 0 atom stereocenters. The molecule has 2 heterocycles. The van der Waals surface area contributed by atoms with E-state index in [0.29, 0.717) is 13.2 Å². The molecule has 1 N–H and O–H groups in total. The number of ether oxygens (including phenoxy) is 2. The van der Waals surface area contributed by atoms with Crippen molar-refractivity contribution in [2.45, 2.75) is 13.0 Å². The molecule has 0 spiro atoms. The summed E-state index contributed by atoms with van der Waals surface area (Å²) in [5.74, 6) is 0.807. The SMILES string of the molecule is COC(=O)N(Cc1ccccc1)c1ccc2c(c1)/C(=C/c1c[nH]cn1)CCO2. The van der Waals surface area contributed by atoms with Crippen molar-refractivity contribution in [3.8, 4) is 5.75 Å². The van der Waals surface area contributed by atoms with Crippen molar-refractivity contribution in [1.82, 2.24) is 9.97 Å². The van der Waals surface area contributed by atoms with E-state index in [9.17, 15) is 4.79 Å². The molecule has 0 radical (unpaired) electrons. The molecule has 6 heteroatoms. The summed E-state index contributed by atoms with van der Waals surface area (Å²) < 4.78 is 10.8. The minimum atomic E-state index is -0.404. The number of fused-ring (bicyclic) bond motifs is 1. The summed E-state index contributed by atoms with van der Waals surface area (Å²) in [6, 6.07) is 15.6. The van der Waals surface area contributed by atoms with Crippen LogP contribution in [-0.2, 0) is 11.3 Å². The van der Waals surface area contributed by atoms with E-state index < -0.39 is 6.09 Å². The Kier molecular flexibility index (Phi) is 5.10. The average Bonchev–Trinajstić information content (AvgIpc) is 3.25. The van der Waals surface area contributed by atoms with Gasteiger partial charge in [-0.25, -0.2) is 9.78 Å². The Morgan fingerprint density at radius 1 is 1.29 bits per heavy atom. The van der Waals surface area contributed by atoms with Gasteiger partial charge < -0.3 is 14.5 Å². The molecule has 28 heavy (non-hydrogen) atoms. The van der Waals surface area contributed by atoms with E-state index in [2.05, 4.69) is 9.97 Å². The molecule has 0 aliphatic carbocycles. The van der Waals surface area contributed by atoms with Crippen molar-refractivity contribution in [2.75, 3.05) is 18.6 Å². The largest absolute Gasteiger partial charge is 0.493 e. The van der Waals surface area contributed by atoms with E-state index in [1.54, 1.807) is 11.2 Å². The number of rotatable bonds is 4. The predicted molar refractivity (Wildman–Crippen MR) is 108 cm³/mol. The standard InChI is InChI=1S/C22H21N3O3/c1-27-22(26)25(14-16-5-3-2-4-6-16)19-7-8-21-20(12-19)17(9-10-28-21)11-18-13-23-15-24-18/h2-8,11-13,15H,9-10,14H2,1H3,(H,23,24)/b17-11+. The van der Waals surface area contributed by atoms with Crippen LogP contribution in [0.25, 0.3) is 11.6 Å². The number of aromatic nitrogens is 2. The molecule has 3 aromatic rings. The highest BCUT2D eigenvalue weighted by atomic mass is 16.5. The maximum atomic E-state index is 12.5. The van der Waals surface area contributed by atoms with Crippen LogP contribution in [-0.4, -0.2) is 29.8 Å². The number of nitrogens with one attached hydrogen (secondary N) is 1. The van der Waals surface area contributed by atoms with Gasteiger partial charge in [-0.3, -0.25) is 4.90 Å². The second-order valence-corrected chi connectivity index (χ2v) is 6.48. The molecule has 1 amide bonds. The van der Waals surface area contributed by atoms with E-state index in [1.807, 2.05) is 60.8 Å². The number of carbonyl (C=O) groups is 1. The smallest absolute Gasteiger partial charge is 0.414 e. The molecule has 4 rings (SSSR count). The fraction of sp³-hybridized carbons (Fsp3) is 0.182. The number of H-pyrrole nitrogens is 1. The summed E-state index contributed by atoms with van der Waals surface area (Å²) in [5, 5.41) is 0. The molecule has 6 nitrogen and oxygen atoms in total. The van der Waals surface area contributed by atoms with Gasteiger partial charge in [-0.05, 0) is 35.4 Å². The molecule has 2 aromatic carbocycles. The molecule has 1 aromatic heterocycles. The number of hydrogen-bond acceptors (Lipinski definition) is 4. The van der Waals surface area contributed by atoms with Crippen LogP contribution in [0.3, 0.4) is 0 Å². The molecule has 142 valence electrons. The summed E-state index contributed by atoms with van der Waals surface area (Å²) in [4.78, 5) is 21.3. The van der Waals surface area contributed by atoms with Gasteiger partial charge in [0.1, 0.15) is 5.75 Å². The van der Waals surface area contributed by atoms with Crippen LogP contribution in [0.4, 0.5) is 10.5 Å². The quantitative estimate of drug-likeness (QED) is 0.729. The number of hydrogen-bond donors (Lipinski definition) is 1. The van der Waals surface area contributed by atoms with Crippen molar-refractivity contribution >= 4 is 23.4 Å². The number of amides is 1. The van der Waals surface area contributed by atoms with Crippen molar-refractivity contribution in [1.29, 1.82) is 0 Å². The van der Waals surface area contributed by atoms with Crippen LogP contribution in [0.5, 0.6) is 5.75 Å². The van der Waals surface area contributed by atoms with Crippen molar-refractivity contribution in [3.63, 3.8) is 0 Å². The molecule has 0 unspecified atom stereocenters. The van der Waals surface area contributed by atoms with Gasteiger partial charge >= 0.3 is 6.09 Å². The highest BCUT2D eigenvalue weighted by Gasteiger charge is 2.21. The summed E-state index contributed by atoms with van der Waals surface area (Å²) in [7, 11) is 1.39. The van der Waals surface area contributed by atoms with Crippen LogP contribution < -0.4 is 9.64 Å². The zero-order valence-corrected chi connectivity index (χ0v) is 15.6. The summed E-state index contributed by atoms with van der Waals surface area (Å²) >= 11 is 0. The second-order valence-electron chi connectivity index (χ2n) is 6.48. The first kappa shape index (κ1) is 17.9. The molecule has 1 aliphatic heterocycles. The van der Waals surface area contributed by atoms with E-state index in [-0.39, 0.29) is 0 Å². The van der Waals surface area contributed by atoms with Crippen LogP contribution in [0.15, 0.2) is 61.1 Å². The number of nitrogens with zero attached hydrogens (tertiary/aromatic N) is 2. The lowest BCUT2D eigenvalue weighted by atomic mass is 9.98. The van der Waals surface area contributed by atoms with E-state index in [1.165, 1.54) is 7.11 Å². The molecular weight excluding hydrogens is 354 g/mol. The molecule has 1 aliphatic rings. The Morgan fingerprint density at radius 3 is 2.89 bits per heavy atom. The third-order valence-electron chi connectivity index (χ3n) is 4.67. The minimum Gasteiger partial charge on any atom is -0.493 e. The normalized spacial score (nSPS) is 14.2. The Balaban J connectivity index is 1.71. The van der Waals surface area contributed by atoms with E-state index >= 15 is 0 Å². The van der Waals surface area contributed by atoms with Gasteiger partial charge in [0.25, 0.3) is 0 Å². The highest BCUT2D eigenvalue weighted by molar-refractivity contribution is 5.91. The number of aromatic amines is 1. The first-order valence-corrected chi connectivity index (χ1v) is 9.10. The minimum absolute atomic E-state index is 0.404. The average molecular weight is 375 g/mol. The number of imidazole rings is 1. The summed E-state index contributed by atoms with van der Waals surface area (Å²) in [6.07, 6.45) is 5.92. The first-order valence-electron chi connectivity index (χ1n) is 9.10. The molecular formula is C22H21N3O3. The van der Waals surface area contributed by atoms with Gasteiger partial charge in [0, 0.05) is 23.9 Å². The Labute approximate surface area is 163 Å². The first-order chi connectivity index (χ1) is 13.7. The highest BCUT2D eigenvalue weighted by Crippen LogP contribution is 2.37. The van der Waals surface area contributed by atoms with Crippen LogP contribution in [0.2, 0.25) is 0 Å². The maximum Gasteiger partial charge on any atom is 0.414 e. The van der Waals surface area contributed by atoms with Gasteiger partial charge in [-0.15, -0.1) is 0 Å². The lowest BCUT2D eigenvalue weighted by Crippen LogP contribution is -2.30. The molecule has 0 fully saturated rings. The van der Waals surface area contributed by atoms with Crippen LogP contribution in [0, 0.1) is 0 Å². The Hall–Kier alpha value is -3.54. The van der Waals surface area contributed by atoms with Crippen LogP contribution >= 0.6 is 0 Å². The number of anilines is 1. The fourth-order valence-corrected chi connectivity index (χ4v) is 3.28. The zero-order chi connectivity index (χ0) is 19.3. The molecule has 0 saturated heterocycles. The Morgan fingerprint density at radius 2 is 2.14 bits per heavy atom.